The molecule has 5 heteroatoms. The summed E-state index contributed by atoms with van der Waals surface area (Å²) in [5.74, 6) is 0.0117. The molecule has 1 aromatic heterocycles. The highest BCUT2D eigenvalue weighted by Gasteiger charge is 2.35. The second-order valence-electron chi connectivity index (χ2n) is 8.30. The zero-order valence-electron chi connectivity index (χ0n) is 17.3. The number of amides is 1. The number of ether oxygens (including phenoxy) is 1. The second kappa shape index (κ2) is 8.08. The maximum atomic E-state index is 12.8. The van der Waals surface area contributed by atoms with Gasteiger partial charge in [0.15, 0.2) is 0 Å². The summed E-state index contributed by atoms with van der Waals surface area (Å²) in [6.45, 7) is 8.82. The standard InChI is InChI=1S/C23H29NO3S/c1-6-23(3,4)16-10-11-17-18(13-16)28-21(19(17)22(26)27-5)24-20(25)15-9-7-8-14(2)12-15/h7-9,12,16H,6,10-11,13H2,1-5H3,(H,24,25). The maximum Gasteiger partial charge on any atom is 0.341 e. The molecule has 2 aromatic rings. The van der Waals surface area contributed by atoms with E-state index < -0.39 is 0 Å². The highest BCUT2D eigenvalue weighted by atomic mass is 32.1. The molecule has 0 bridgehead atoms. The van der Waals surface area contributed by atoms with Crippen LogP contribution in [0.4, 0.5) is 5.00 Å². The summed E-state index contributed by atoms with van der Waals surface area (Å²) < 4.78 is 5.04. The van der Waals surface area contributed by atoms with E-state index in [2.05, 4.69) is 26.1 Å². The van der Waals surface area contributed by atoms with Crippen molar-refractivity contribution in [3.8, 4) is 0 Å². The molecular weight excluding hydrogens is 370 g/mol. The SMILES string of the molecule is CCC(C)(C)C1CCc2c(sc(NC(=O)c3cccc(C)c3)c2C(=O)OC)C1. The molecule has 1 aromatic carbocycles. The van der Waals surface area contributed by atoms with Gasteiger partial charge in [0.25, 0.3) is 5.91 Å². The molecule has 4 nitrogen and oxygen atoms in total. The van der Waals surface area contributed by atoms with E-state index in [0.29, 0.717) is 22.0 Å². The van der Waals surface area contributed by atoms with Gasteiger partial charge in [-0.1, -0.05) is 44.9 Å². The van der Waals surface area contributed by atoms with Crippen LogP contribution in [0, 0.1) is 18.3 Å². The molecule has 0 saturated carbocycles. The van der Waals surface area contributed by atoms with Crippen molar-refractivity contribution in [3.63, 3.8) is 0 Å². The van der Waals surface area contributed by atoms with Crippen molar-refractivity contribution in [1.82, 2.24) is 0 Å². The first-order valence-electron chi connectivity index (χ1n) is 9.87. The number of anilines is 1. The number of carbonyl (C=O) groups is 2. The molecule has 3 rings (SSSR count). The van der Waals surface area contributed by atoms with E-state index in [9.17, 15) is 9.59 Å². The molecule has 1 aliphatic rings. The summed E-state index contributed by atoms with van der Waals surface area (Å²) >= 11 is 1.53. The molecule has 0 saturated heterocycles. The summed E-state index contributed by atoms with van der Waals surface area (Å²) in [6.07, 6.45) is 3.98. The third-order valence-corrected chi connectivity index (χ3v) is 7.35. The Labute approximate surface area is 171 Å². The van der Waals surface area contributed by atoms with Gasteiger partial charge in [-0.2, -0.15) is 0 Å². The van der Waals surface area contributed by atoms with Gasteiger partial charge in [-0.3, -0.25) is 4.79 Å². The molecule has 1 aliphatic carbocycles. The van der Waals surface area contributed by atoms with Crippen LogP contribution in [-0.4, -0.2) is 19.0 Å². The lowest BCUT2D eigenvalue weighted by atomic mass is 9.69. The number of nitrogens with one attached hydrogen (secondary N) is 1. The van der Waals surface area contributed by atoms with Crippen molar-refractivity contribution >= 4 is 28.2 Å². The molecule has 28 heavy (non-hydrogen) atoms. The Morgan fingerprint density at radius 1 is 1.32 bits per heavy atom. The Bertz CT molecular complexity index is 897. The van der Waals surface area contributed by atoms with E-state index in [1.54, 1.807) is 6.07 Å². The Kier molecular flexibility index (Phi) is 5.94. The van der Waals surface area contributed by atoms with E-state index >= 15 is 0 Å². The van der Waals surface area contributed by atoms with Gasteiger partial charge in [-0.15, -0.1) is 11.3 Å². The molecule has 0 spiro atoms. The third kappa shape index (κ3) is 4.00. The monoisotopic (exact) mass is 399 g/mol. The van der Waals surface area contributed by atoms with Crippen molar-refractivity contribution in [2.24, 2.45) is 11.3 Å². The van der Waals surface area contributed by atoms with E-state index in [0.717, 1.165) is 36.8 Å². The van der Waals surface area contributed by atoms with E-state index in [1.165, 1.54) is 23.3 Å². The van der Waals surface area contributed by atoms with Gasteiger partial charge in [0.05, 0.1) is 12.7 Å². The molecule has 1 amide bonds. The summed E-state index contributed by atoms with van der Waals surface area (Å²) in [5, 5.41) is 3.58. The number of methoxy groups -OCH3 is 1. The second-order valence-corrected chi connectivity index (χ2v) is 9.41. The van der Waals surface area contributed by atoms with Crippen molar-refractivity contribution in [2.75, 3.05) is 12.4 Å². The molecule has 1 heterocycles. The van der Waals surface area contributed by atoms with E-state index in [1.807, 2.05) is 25.1 Å². The number of fused-ring (bicyclic) bond motifs is 1. The smallest absolute Gasteiger partial charge is 0.341 e. The lowest BCUT2D eigenvalue weighted by Gasteiger charge is -2.36. The summed E-state index contributed by atoms with van der Waals surface area (Å²) in [7, 11) is 1.39. The number of thiophene rings is 1. The van der Waals surface area contributed by atoms with Crippen LogP contribution in [0.2, 0.25) is 0 Å². The minimum absolute atomic E-state index is 0.196. The molecule has 1 unspecified atom stereocenters. The number of hydrogen-bond acceptors (Lipinski definition) is 4. The fourth-order valence-electron chi connectivity index (χ4n) is 3.91. The van der Waals surface area contributed by atoms with Gasteiger partial charge in [-0.25, -0.2) is 4.79 Å². The molecule has 0 aliphatic heterocycles. The Morgan fingerprint density at radius 2 is 2.07 bits per heavy atom. The van der Waals surface area contributed by atoms with Gasteiger partial charge in [0.2, 0.25) is 0 Å². The Morgan fingerprint density at radius 3 is 2.71 bits per heavy atom. The normalized spacial score (nSPS) is 16.4. The highest BCUT2D eigenvalue weighted by Crippen LogP contribution is 2.45. The van der Waals surface area contributed by atoms with Gasteiger partial charge in [0, 0.05) is 10.4 Å². The minimum atomic E-state index is -0.370. The number of aryl methyl sites for hydroxylation is 1. The fourth-order valence-corrected chi connectivity index (χ4v) is 5.22. The largest absolute Gasteiger partial charge is 0.465 e. The predicted octanol–water partition coefficient (Wildman–Crippen LogP) is 5.64. The van der Waals surface area contributed by atoms with Crippen molar-refractivity contribution in [2.45, 2.75) is 53.4 Å². The number of carbonyl (C=O) groups excluding carboxylic acids is 2. The summed E-state index contributed by atoms with van der Waals surface area (Å²) in [6, 6.07) is 7.45. The van der Waals surface area contributed by atoms with Crippen molar-refractivity contribution < 1.29 is 14.3 Å². The Balaban J connectivity index is 1.94. The van der Waals surface area contributed by atoms with Gasteiger partial charge < -0.3 is 10.1 Å². The topological polar surface area (TPSA) is 55.4 Å². The van der Waals surface area contributed by atoms with Crippen LogP contribution in [0.1, 0.15) is 70.3 Å². The average molecular weight is 400 g/mol. The molecule has 0 radical (unpaired) electrons. The number of benzene rings is 1. The minimum Gasteiger partial charge on any atom is -0.465 e. The molecular formula is C23H29NO3S. The van der Waals surface area contributed by atoms with Crippen LogP contribution in [-0.2, 0) is 17.6 Å². The molecule has 150 valence electrons. The number of rotatable bonds is 5. The molecule has 0 fully saturated rings. The third-order valence-electron chi connectivity index (χ3n) is 6.18. The van der Waals surface area contributed by atoms with Crippen LogP contribution in [0.25, 0.3) is 0 Å². The highest BCUT2D eigenvalue weighted by molar-refractivity contribution is 7.17. The first-order valence-corrected chi connectivity index (χ1v) is 10.7. The zero-order valence-corrected chi connectivity index (χ0v) is 18.2. The van der Waals surface area contributed by atoms with E-state index in [-0.39, 0.29) is 17.3 Å². The van der Waals surface area contributed by atoms with Crippen LogP contribution in [0.5, 0.6) is 0 Å². The quantitative estimate of drug-likeness (QED) is 0.662. The number of hydrogen-bond donors (Lipinski definition) is 1. The maximum absolute atomic E-state index is 12.8. The van der Waals surface area contributed by atoms with Crippen molar-refractivity contribution in [3.05, 3.63) is 51.4 Å². The fraction of sp³-hybridized carbons (Fsp3) is 0.478. The zero-order chi connectivity index (χ0) is 20.5. The first kappa shape index (κ1) is 20.6. The van der Waals surface area contributed by atoms with Crippen LogP contribution < -0.4 is 5.32 Å². The Hall–Kier alpha value is -2.14. The molecule has 1 N–H and O–H groups in total. The summed E-state index contributed by atoms with van der Waals surface area (Å²) in [4.78, 5) is 26.5. The first-order chi connectivity index (χ1) is 13.3. The van der Waals surface area contributed by atoms with Crippen LogP contribution in [0.3, 0.4) is 0 Å². The van der Waals surface area contributed by atoms with Gasteiger partial charge >= 0.3 is 5.97 Å². The van der Waals surface area contributed by atoms with Crippen LogP contribution in [0.15, 0.2) is 24.3 Å². The van der Waals surface area contributed by atoms with E-state index in [4.69, 9.17) is 4.74 Å². The van der Waals surface area contributed by atoms with Gasteiger partial charge in [0.1, 0.15) is 5.00 Å². The van der Waals surface area contributed by atoms with Gasteiger partial charge in [-0.05, 0) is 55.2 Å². The lowest BCUT2D eigenvalue weighted by Crippen LogP contribution is -2.28. The summed E-state index contributed by atoms with van der Waals surface area (Å²) in [5.41, 5.74) is 3.47. The lowest BCUT2D eigenvalue weighted by molar-refractivity contribution is 0.0600. The average Bonchev–Trinajstić information content (AvgIpc) is 3.04. The number of esters is 1. The van der Waals surface area contributed by atoms with Crippen molar-refractivity contribution in [1.29, 1.82) is 0 Å². The predicted molar refractivity (Wildman–Crippen MR) is 114 cm³/mol. The molecule has 1 atom stereocenters. The van der Waals surface area contributed by atoms with Crippen LogP contribution >= 0.6 is 11.3 Å².